The molecule has 2 rings (SSSR count). The summed E-state index contributed by atoms with van der Waals surface area (Å²) in [6, 6.07) is 3.64. The number of rotatable bonds is 4. The zero-order valence-corrected chi connectivity index (χ0v) is 12.2. The van der Waals surface area contributed by atoms with Gasteiger partial charge in [0, 0.05) is 25.2 Å². The molecule has 2 amide bonds. The standard InChI is InChI=1S/C14H18N4O4/c1-15-13(19)9-5-6-10(12(8-9)18(21)22)17-11-4-2-3-7-16-14(11)20/h5-6,8,11,17H,2-4,7H2,1H3,(H,15,19)(H,16,20). The highest BCUT2D eigenvalue weighted by molar-refractivity contribution is 5.95. The second-order valence-electron chi connectivity index (χ2n) is 5.05. The van der Waals surface area contributed by atoms with E-state index in [1.54, 1.807) is 0 Å². The molecule has 1 aliphatic heterocycles. The maximum absolute atomic E-state index is 11.9. The van der Waals surface area contributed by atoms with E-state index < -0.39 is 16.9 Å². The quantitative estimate of drug-likeness (QED) is 0.568. The van der Waals surface area contributed by atoms with Crippen LogP contribution in [0.1, 0.15) is 29.6 Å². The third-order valence-electron chi connectivity index (χ3n) is 3.55. The lowest BCUT2D eigenvalue weighted by molar-refractivity contribution is -0.384. The van der Waals surface area contributed by atoms with Crippen LogP contribution in [0.25, 0.3) is 0 Å². The summed E-state index contributed by atoms with van der Waals surface area (Å²) in [6.07, 6.45) is 2.36. The summed E-state index contributed by atoms with van der Waals surface area (Å²) in [5.74, 6) is -0.566. The maximum Gasteiger partial charge on any atom is 0.293 e. The first-order valence-corrected chi connectivity index (χ1v) is 7.07. The molecule has 3 N–H and O–H groups in total. The normalized spacial score (nSPS) is 18.0. The first kappa shape index (κ1) is 15.7. The topological polar surface area (TPSA) is 113 Å². The van der Waals surface area contributed by atoms with Crippen molar-refractivity contribution >= 4 is 23.2 Å². The van der Waals surface area contributed by atoms with Crippen LogP contribution in [0.2, 0.25) is 0 Å². The highest BCUT2D eigenvalue weighted by atomic mass is 16.6. The molecule has 1 aromatic rings. The number of nitrogens with zero attached hydrogens (tertiary/aromatic N) is 1. The molecule has 22 heavy (non-hydrogen) atoms. The first-order valence-electron chi connectivity index (χ1n) is 7.07. The van der Waals surface area contributed by atoms with Gasteiger partial charge >= 0.3 is 0 Å². The lowest BCUT2D eigenvalue weighted by atomic mass is 10.1. The molecule has 118 valence electrons. The van der Waals surface area contributed by atoms with Crippen LogP contribution in [0, 0.1) is 10.1 Å². The predicted octanol–water partition coefficient (Wildman–Crippen LogP) is 1.03. The highest BCUT2D eigenvalue weighted by Gasteiger charge is 2.24. The van der Waals surface area contributed by atoms with Crippen molar-refractivity contribution in [3.05, 3.63) is 33.9 Å². The molecule has 1 unspecified atom stereocenters. The van der Waals surface area contributed by atoms with Gasteiger partial charge in [-0.15, -0.1) is 0 Å². The zero-order chi connectivity index (χ0) is 16.1. The number of nitro groups is 1. The minimum absolute atomic E-state index is 0.165. The van der Waals surface area contributed by atoms with E-state index >= 15 is 0 Å². The SMILES string of the molecule is CNC(=O)c1ccc(NC2CCCCNC2=O)c([N+](=O)[O-])c1. The van der Waals surface area contributed by atoms with Crippen molar-refractivity contribution in [2.45, 2.75) is 25.3 Å². The Bertz CT molecular complexity index is 603. The van der Waals surface area contributed by atoms with E-state index in [0.29, 0.717) is 13.0 Å². The maximum atomic E-state index is 11.9. The van der Waals surface area contributed by atoms with Crippen molar-refractivity contribution in [3.63, 3.8) is 0 Å². The Labute approximate surface area is 127 Å². The Morgan fingerprint density at radius 2 is 2.18 bits per heavy atom. The molecule has 0 radical (unpaired) electrons. The minimum atomic E-state index is -0.566. The number of benzene rings is 1. The van der Waals surface area contributed by atoms with Gasteiger partial charge in [0.05, 0.1) is 4.92 Å². The third kappa shape index (κ3) is 3.51. The Morgan fingerprint density at radius 1 is 1.41 bits per heavy atom. The molecule has 0 saturated carbocycles. The van der Waals surface area contributed by atoms with Crippen molar-refractivity contribution in [1.82, 2.24) is 10.6 Å². The lowest BCUT2D eigenvalue weighted by Gasteiger charge is -2.16. The van der Waals surface area contributed by atoms with Crippen LogP contribution in [-0.4, -0.2) is 36.4 Å². The lowest BCUT2D eigenvalue weighted by Crippen LogP contribution is -2.38. The second kappa shape index (κ2) is 6.88. The first-order chi connectivity index (χ1) is 10.5. The van der Waals surface area contributed by atoms with Crippen molar-refractivity contribution in [1.29, 1.82) is 0 Å². The van der Waals surface area contributed by atoms with E-state index in [4.69, 9.17) is 0 Å². The number of nitrogens with one attached hydrogen (secondary N) is 3. The molecule has 8 heteroatoms. The average Bonchev–Trinajstić information content (AvgIpc) is 2.71. The minimum Gasteiger partial charge on any atom is -0.368 e. The second-order valence-corrected chi connectivity index (χ2v) is 5.05. The fraction of sp³-hybridized carbons (Fsp3) is 0.429. The molecule has 8 nitrogen and oxygen atoms in total. The predicted molar refractivity (Wildman–Crippen MR) is 80.8 cm³/mol. The van der Waals surface area contributed by atoms with Gasteiger partial charge in [-0.2, -0.15) is 0 Å². The Hall–Kier alpha value is -2.64. The van der Waals surface area contributed by atoms with Gasteiger partial charge in [-0.3, -0.25) is 19.7 Å². The monoisotopic (exact) mass is 306 g/mol. The Kier molecular flexibility index (Phi) is 4.92. The summed E-state index contributed by atoms with van der Waals surface area (Å²) in [4.78, 5) is 34.1. The third-order valence-corrected chi connectivity index (χ3v) is 3.55. The van der Waals surface area contributed by atoms with Gasteiger partial charge in [0.15, 0.2) is 0 Å². The summed E-state index contributed by atoms with van der Waals surface area (Å²) in [7, 11) is 1.45. The van der Waals surface area contributed by atoms with Gasteiger partial charge in [-0.25, -0.2) is 0 Å². The largest absolute Gasteiger partial charge is 0.368 e. The number of hydrogen-bond acceptors (Lipinski definition) is 5. The molecule has 1 saturated heterocycles. The summed E-state index contributed by atoms with van der Waals surface area (Å²) in [6.45, 7) is 0.620. The zero-order valence-electron chi connectivity index (χ0n) is 12.2. The summed E-state index contributed by atoms with van der Waals surface area (Å²) in [5, 5.41) is 19.3. The van der Waals surface area contributed by atoms with E-state index in [1.807, 2.05) is 0 Å². The van der Waals surface area contributed by atoms with Crippen LogP contribution in [-0.2, 0) is 4.79 Å². The van der Waals surface area contributed by atoms with Crippen molar-refractivity contribution < 1.29 is 14.5 Å². The smallest absolute Gasteiger partial charge is 0.293 e. The van der Waals surface area contributed by atoms with E-state index in [9.17, 15) is 19.7 Å². The molecule has 0 aliphatic carbocycles. The Balaban J connectivity index is 2.27. The van der Waals surface area contributed by atoms with Gasteiger partial charge in [0.2, 0.25) is 5.91 Å². The molecule has 1 fully saturated rings. The molecule has 0 spiro atoms. The summed E-state index contributed by atoms with van der Waals surface area (Å²) in [5.41, 5.74) is 0.211. The van der Waals surface area contributed by atoms with Gasteiger partial charge < -0.3 is 16.0 Å². The molecular weight excluding hydrogens is 288 g/mol. The van der Waals surface area contributed by atoms with Gasteiger partial charge in [-0.1, -0.05) is 0 Å². The van der Waals surface area contributed by atoms with Crippen LogP contribution in [0.4, 0.5) is 11.4 Å². The highest BCUT2D eigenvalue weighted by Crippen LogP contribution is 2.27. The van der Waals surface area contributed by atoms with E-state index in [2.05, 4.69) is 16.0 Å². The van der Waals surface area contributed by atoms with E-state index in [0.717, 1.165) is 12.8 Å². The number of hydrogen-bond donors (Lipinski definition) is 3. The van der Waals surface area contributed by atoms with Crippen LogP contribution < -0.4 is 16.0 Å². The van der Waals surface area contributed by atoms with E-state index in [-0.39, 0.29) is 22.8 Å². The number of amides is 2. The van der Waals surface area contributed by atoms with Crippen LogP contribution in [0.3, 0.4) is 0 Å². The summed E-state index contributed by atoms with van der Waals surface area (Å²) < 4.78 is 0. The van der Waals surface area contributed by atoms with E-state index in [1.165, 1.54) is 25.2 Å². The van der Waals surface area contributed by atoms with Gasteiger partial charge in [0.25, 0.3) is 11.6 Å². The fourth-order valence-electron chi connectivity index (χ4n) is 2.36. The van der Waals surface area contributed by atoms with Crippen LogP contribution in [0.5, 0.6) is 0 Å². The van der Waals surface area contributed by atoms with Crippen molar-refractivity contribution in [3.8, 4) is 0 Å². The number of nitro benzene ring substituents is 1. The molecular formula is C14H18N4O4. The number of carbonyl (C=O) groups excluding carboxylic acids is 2. The van der Waals surface area contributed by atoms with Crippen LogP contribution >= 0.6 is 0 Å². The average molecular weight is 306 g/mol. The summed E-state index contributed by atoms with van der Waals surface area (Å²) >= 11 is 0. The fourth-order valence-corrected chi connectivity index (χ4v) is 2.36. The van der Waals surface area contributed by atoms with Gasteiger partial charge in [-0.05, 0) is 31.4 Å². The number of anilines is 1. The molecule has 0 aromatic heterocycles. The van der Waals surface area contributed by atoms with Crippen LogP contribution in [0.15, 0.2) is 18.2 Å². The number of carbonyl (C=O) groups is 2. The molecule has 1 heterocycles. The van der Waals surface area contributed by atoms with Gasteiger partial charge in [0.1, 0.15) is 11.7 Å². The molecule has 0 bridgehead atoms. The van der Waals surface area contributed by atoms with Crippen molar-refractivity contribution in [2.75, 3.05) is 18.9 Å². The molecule has 1 atom stereocenters. The Morgan fingerprint density at radius 3 is 2.86 bits per heavy atom. The molecule has 1 aromatic carbocycles. The van der Waals surface area contributed by atoms with Crippen molar-refractivity contribution in [2.24, 2.45) is 0 Å². The molecule has 1 aliphatic rings.